The van der Waals surface area contributed by atoms with Gasteiger partial charge >= 0.3 is 0 Å². The van der Waals surface area contributed by atoms with Crippen molar-refractivity contribution >= 4 is 32.2 Å². The summed E-state index contributed by atoms with van der Waals surface area (Å²) in [7, 11) is -1.71. The highest BCUT2D eigenvalue weighted by atomic mass is 32.2. The highest BCUT2D eigenvalue weighted by Gasteiger charge is 2.25. The summed E-state index contributed by atoms with van der Waals surface area (Å²) >= 11 is 1.02. The van der Waals surface area contributed by atoms with Crippen molar-refractivity contribution in [2.75, 3.05) is 30.5 Å². The van der Waals surface area contributed by atoms with Crippen molar-refractivity contribution in [2.45, 2.75) is 17.9 Å². The van der Waals surface area contributed by atoms with Gasteiger partial charge in [-0.1, -0.05) is 0 Å². The van der Waals surface area contributed by atoms with Crippen LogP contribution in [0.2, 0.25) is 0 Å². The van der Waals surface area contributed by atoms with Gasteiger partial charge in [0, 0.05) is 19.3 Å². The second kappa shape index (κ2) is 4.56. The molecule has 0 aromatic carbocycles. The van der Waals surface area contributed by atoms with Crippen molar-refractivity contribution in [3.63, 3.8) is 0 Å². The lowest BCUT2D eigenvalue weighted by Crippen LogP contribution is -2.32. The average Bonchev–Trinajstić information content (AvgIpc) is 2.57. The first-order chi connectivity index (χ1) is 7.29. The molecule has 0 bridgehead atoms. The third-order valence-corrected chi connectivity index (χ3v) is 4.50. The minimum absolute atomic E-state index is 0.0134. The lowest BCUT2D eigenvalue weighted by atomic mass is 10.3. The number of likely N-dealkylation sites (N-methyl/N-ethyl adjacent to an activating group) is 1. The zero-order chi connectivity index (χ0) is 12.5. The Bertz CT molecular complexity index is 469. The minimum Gasteiger partial charge on any atom is -0.394 e. The molecule has 6 nitrogen and oxygen atoms in total. The van der Waals surface area contributed by atoms with Gasteiger partial charge in [0.05, 0.1) is 6.61 Å². The molecule has 0 aliphatic rings. The number of anilines is 2. The van der Waals surface area contributed by atoms with Gasteiger partial charge < -0.3 is 15.7 Å². The van der Waals surface area contributed by atoms with Crippen LogP contribution in [0.4, 0.5) is 10.8 Å². The maximum Gasteiger partial charge on any atom is 0.182 e. The molecule has 8 heteroatoms. The van der Waals surface area contributed by atoms with Crippen LogP contribution < -0.4 is 10.6 Å². The number of hydrogen-bond acceptors (Lipinski definition) is 7. The molecular formula is C8H15N3O3S2. The van der Waals surface area contributed by atoms with E-state index in [1.54, 1.807) is 18.9 Å². The molecule has 1 aromatic heterocycles. The predicted octanol–water partition coefficient (Wildman–Crippen LogP) is -0.0542. The van der Waals surface area contributed by atoms with Crippen LogP contribution in [-0.2, 0) is 9.84 Å². The molecule has 0 fully saturated rings. The Morgan fingerprint density at radius 1 is 1.62 bits per heavy atom. The molecule has 3 N–H and O–H groups in total. The van der Waals surface area contributed by atoms with Crippen molar-refractivity contribution in [1.82, 2.24) is 4.37 Å². The van der Waals surface area contributed by atoms with Crippen LogP contribution in [0.15, 0.2) is 4.90 Å². The number of aliphatic hydroxyl groups is 1. The highest BCUT2D eigenvalue weighted by molar-refractivity contribution is 7.91. The number of sulfone groups is 1. The van der Waals surface area contributed by atoms with Gasteiger partial charge in [-0.3, -0.25) is 0 Å². The fourth-order valence-electron chi connectivity index (χ4n) is 1.18. The van der Waals surface area contributed by atoms with Crippen LogP contribution in [0.5, 0.6) is 0 Å². The number of rotatable bonds is 4. The summed E-state index contributed by atoms with van der Waals surface area (Å²) in [5.74, 6) is 0.0134. The first-order valence-electron chi connectivity index (χ1n) is 4.58. The van der Waals surface area contributed by atoms with Crippen molar-refractivity contribution < 1.29 is 13.5 Å². The Labute approximate surface area is 98.8 Å². The molecular weight excluding hydrogens is 250 g/mol. The van der Waals surface area contributed by atoms with Crippen molar-refractivity contribution in [2.24, 2.45) is 0 Å². The molecule has 0 saturated heterocycles. The van der Waals surface area contributed by atoms with Crippen LogP contribution in [0.3, 0.4) is 0 Å². The van der Waals surface area contributed by atoms with Crippen molar-refractivity contribution in [3.8, 4) is 0 Å². The van der Waals surface area contributed by atoms with E-state index >= 15 is 0 Å². The molecule has 1 aromatic rings. The van der Waals surface area contributed by atoms with E-state index in [-0.39, 0.29) is 23.4 Å². The molecule has 0 saturated carbocycles. The van der Waals surface area contributed by atoms with E-state index in [9.17, 15) is 8.42 Å². The normalized spacial score (nSPS) is 13.8. The number of hydrogen-bond donors (Lipinski definition) is 2. The SMILES string of the molecule is CC(CO)N(C)c1snc(N)c1S(C)(=O)=O. The Morgan fingerprint density at radius 2 is 2.19 bits per heavy atom. The lowest BCUT2D eigenvalue weighted by molar-refractivity contribution is 0.270. The summed E-state index contributed by atoms with van der Waals surface area (Å²) in [5.41, 5.74) is 5.54. The van der Waals surface area contributed by atoms with Crippen LogP contribution in [0, 0.1) is 0 Å². The summed E-state index contributed by atoms with van der Waals surface area (Å²) < 4.78 is 26.9. The third kappa shape index (κ3) is 2.45. The molecule has 0 amide bonds. The molecule has 1 unspecified atom stereocenters. The number of nitrogens with zero attached hydrogens (tertiary/aromatic N) is 2. The molecule has 0 radical (unpaired) electrons. The van der Waals surface area contributed by atoms with E-state index in [4.69, 9.17) is 10.8 Å². The van der Waals surface area contributed by atoms with E-state index in [2.05, 4.69) is 4.37 Å². The van der Waals surface area contributed by atoms with Gasteiger partial charge in [-0.05, 0) is 18.5 Å². The summed E-state index contributed by atoms with van der Waals surface area (Å²) in [4.78, 5) is 1.70. The van der Waals surface area contributed by atoms with E-state index < -0.39 is 9.84 Å². The van der Waals surface area contributed by atoms with Crippen LogP contribution >= 0.6 is 11.5 Å². The number of nitrogen functional groups attached to an aromatic ring is 1. The van der Waals surface area contributed by atoms with Crippen molar-refractivity contribution in [1.29, 1.82) is 0 Å². The third-order valence-electron chi connectivity index (χ3n) is 2.27. The second-order valence-electron chi connectivity index (χ2n) is 3.62. The molecule has 1 atom stereocenters. The van der Waals surface area contributed by atoms with Crippen molar-refractivity contribution in [3.05, 3.63) is 0 Å². The summed E-state index contributed by atoms with van der Waals surface area (Å²) in [6.07, 6.45) is 1.09. The van der Waals surface area contributed by atoms with Gasteiger partial charge in [-0.15, -0.1) is 0 Å². The number of aromatic nitrogens is 1. The first kappa shape index (κ1) is 13.2. The van der Waals surface area contributed by atoms with Crippen LogP contribution in [0.1, 0.15) is 6.92 Å². The summed E-state index contributed by atoms with van der Waals surface area (Å²) in [6, 6.07) is -0.194. The van der Waals surface area contributed by atoms with E-state index in [1.165, 1.54) is 0 Å². The molecule has 16 heavy (non-hydrogen) atoms. The quantitative estimate of drug-likeness (QED) is 0.792. The molecule has 0 aliphatic heterocycles. The topological polar surface area (TPSA) is 96.5 Å². The zero-order valence-electron chi connectivity index (χ0n) is 9.34. The molecule has 0 spiro atoms. The Morgan fingerprint density at radius 3 is 2.62 bits per heavy atom. The molecule has 92 valence electrons. The maximum absolute atomic E-state index is 11.5. The van der Waals surface area contributed by atoms with E-state index in [0.717, 1.165) is 17.8 Å². The summed E-state index contributed by atoms with van der Waals surface area (Å²) in [6.45, 7) is 1.71. The minimum atomic E-state index is -3.41. The van der Waals surface area contributed by atoms with Crippen LogP contribution in [0.25, 0.3) is 0 Å². The average molecular weight is 265 g/mol. The Hall–Kier alpha value is -0.860. The molecule has 1 heterocycles. The standard InChI is InChI=1S/C8H15N3O3S2/c1-5(4-12)11(2)8-6(16(3,13)14)7(9)10-15-8/h5,12H,4H2,1-3H3,(H2,9,10). The largest absolute Gasteiger partial charge is 0.394 e. The van der Waals surface area contributed by atoms with Gasteiger partial charge in [0.1, 0.15) is 9.90 Å². The monoisotopic (exact) mass is 265 g/mol. The van der Waals surface area contributed by atoms with Gasteiger partial charge in [-0.25, -0.2) is 8.42 Å². The van der Waals surface area contributed by atoms with Gasteiger partial charge in [0.2, 0.25) is 0 Å². The van der Waals surface area contributed by atoms with E-state index in [0.29, 0.717) is 5.00 Å². The fourth-order valence-corrected chi connectivity index (χ4v) is 3.46. The zero-order valence-corrected chi connectivity index (χ0v) is 11.0. The smallest absolute Gasteiger partial charge is 0.182 e. The molecule has 0 aliphatic carbocycles. The Kier molecular flexibility index (Phi) is 3.76. The Balaban J connectivity index is 3.26. The fraction of sp³-hybridized carbons (Fsp3) is 0.625. The van der Waals surface area contributed by atoms with Crippen LogP contribution in [-0.4, -0.2) is 43.9 Å². The predicted molar refractivity (Wildman–Crippen MR) is 64.6 cm³/mol. The van der Waals surface area contributed by atoms with Gasteiger partial charge in [0.15, 0.2) is 15.7 Å². The van der Waals surface area contributed by atoms with E-state index in [1.807, 2.05) is 0 Å². The summed E-state index contributed by atoms with van der Waals surface area (Å²) in [5, 5.41) is 9.49. The van der Waals surface area contributed by atoms with Gasteiger partial charge in [0.25, 0.3) is 0 Å². The second-order valence-corrected chi connectivity index (χ2v) is 6.32. The first-order valence-corrected chi connectivity index (χ1v) is 7.24. The number of aliphatic hydroxyl groups excluding tert-OH is 1. The highest BCUT2D eigenvalue weighted by Crippen LogP contribution is 2.34. The van der Waals surface area contributed by atoms with Gasteiger partial charge in [-0.2, -0.15) is 4.37 Å². The maximum atomic E-state index is 11.5. The lowest BCUT2D eigenvalue weighted by Gasteiger charge is -2.23. The number of nitrogens with two attached hydrogens (primary N) is 1. The molecule has 1 rings (SSSR count).